The molecule has 2 aliphatic heterocycles. The van der Waals surface area contributed by atoms with Crippen LogP contribution in [0.4, 0.5) is 0 Å². The molecule has 0 bridgehead atoms. The Morgan fingerprint density at radius 1 is 1.22 bits per heavy atom. The van der Waals surface area contributed by atoms with Crippen LogP contribution >= 0.6 is 11.3 Å². The molecule has 2 atom stereocenters. The maximum Gasteiger partial charge on any atom is 0.256 e. The average Bonchev–Trinajstić information content (AvgIpc) is 3.13. The SMILES string of the molecule is Cc1cc(C#N)nc(-c2ccnc3cc(CN4C(=O)C5[C@H](C4=O)C5(C)C)sc23)c1C(=O)N1CCOCC1. The molecule has 3 fully saturated rings. The second kappa shape index (κ2) is 8.43. The third kappa shape index (κ3) is 3.64. The Bertz CT molecular complexity index is 1510. The zero-order chi connectivity index (χ0) is 26.1. The highest BCUT2D eigenvalue weighted by Gasteiger charge is 2.72. The molecule has 3 amide bonds. The number of carbonyl (C=O) groups excluding carboxylic acids is 3. The highest BCUT2D eigenvalue weighted by atomic mass is 32.1. The van der Waals surface area contributed by atoms with Crippen molar-refractivity contribution in [1.29, 1.82) is 5.26 Å². The molecule has 1 unspecified atom stereocenters. The number of rotatable bonds is 4. The molecule has 2 saturated heterocycles. The van der Waals surface area contributed by atoms with Crippen molar-refractivity contribution in [2.24, 2.45) is 17.3 Å². The van der Waals surface area contributed by atoms with Crippen LogP contribution in [0.5, 0.6) is 0 Å². The average molecular weight is 516 g/mol. The predicted octanol–water partition coefficient (Wildman–Crippen LogP) is 3.15. The summed E-state index contributed by atoms with van der Waals surface area (Å²) in [7, 11) is 0. The number of nitriles is 1. The van der Waals surface area contributed by atoms with Gasteiger partial charge in [-0.25, -0.2) is 4.98 Å². The molecule has 0 aromatic carbocycles. The summed E-state index contributed by atoms with van der Waals surface area (Å²) < 4.78 is 6.20. The Kier molecular flexibility index (Phi) is 5.40. The molecule has 3 aromatic heterocycles. The fourth-order valence-corrected chi connectivity index (χ4v) is 6.80. The second-order valence-electron chi connectivity index (χ2n) is 10.4. The van der Waals surface area contributed by atoms with Crippen LogP contribution in [-0.4, -0.2) is 63.8 Å². The maximum absolute atomic E-state index is 13.6. The lowest BCUT2D eigenvalue weighted by molar-refractivity contribution is -0.143. The maximum atomic E-state index is 13.6. The normalized spacial score (nSPS) is 22.3. The van der Waals surface area contributed by atoms with Gasteiger partial charge in [-0.1, -0.05) is 13.8 Å². The van der Waals surface area contributed by atoms with E-state index in [-0.39, 0.29) is 47.2 Å². The minimum atomic E-state index is -0.252. The van der Waals surface area contributed by atoms with Crippen molar-refractivity contribution in [2.45, 2.75) is 27.3 Å². The number of aryl methyl sites for hydroxylation is 1. The molecular weight excluding hydrogens is 490 g/mol. The Morgan fingerprint density at radius 3 is 2.59 bits per heavy atom. The van der Waals surface area contributed by atoms with E-state index < -0.39 is 0 Å². The summed E-state index contributed by atoms with van der Waals surface area (Å²) in [6.45, 7) is 7.87. The summed E-state index contributed by atoms with van der Waals surface area (Å²) in [6, 6.07) is 7.41. The number of carbonyl (C=O) groups is 3. The van der Waals surface area contributed by atoms with Crippen LogP contribution in [0.3, 0.4) is 0 Å². The quantitative estimate of drug-likeness (QED) is 0.490. The van der Waals surface area contributed by atoms with Crippen LogP contribution in [0.15, 0.2) is 24.4 Å². The fraction of sp³-hybridized carbons (Fsp3) is 0.407. The first-order chi connectivity index (χ1) is 17.7. The summed E-state index contributed by atoms with van der Waals surface area (Å²) in [5.41, 5.74) is 2.92. The molecule has 0 spiro atoms. The first-order valence-corrected chi connectivity index (χ1v) is 13.1. The Hall–Kier alpha value is -3.68. The molecule has 0 radical (unpaired) electrons. The topological polar surface area (TPSA) is 116 Å². The van der Waals surface area contributed by atoms with Gasteiger partial charge in [-0.15, -0.1) is 11.3 Å². The fourth-order valence-electron chi connectivity index (χ4n) is 5.69. The van der Waals surface area contributed by atoms with Crippen molar-refractivity contribution >= 4 is 39.3 Å². The number of ether oxygens (including phenoxy) is 1. The molecule has 5 heterocycles. The van der Waals surface area contributed by atoms with Crippen LogP contribution in [0, 0.1) is 35.5 Å². The molecule has 6 rings (SSSR count). The van der Waals surface area contributed by atoms with Gasteiger partial charge in [-0.3, -0.25) is 24.3 Å². The number of hydrogen-bond acceptors (Lipinski definition) is 8. The lowest BCUT2D eigenvalue weighted by atomic mass is 9.99. The van der Waals surface area contributed by atoms with Crippen LogP contribution in [0.25, 0.3) is 21.5 Å². The van der Waals surface area contributed by atoms with E-state index in [4.69, 9.17) is 4.74 Å². The van der Waals surface area contributed by atoms with Gasteiger partial charge in [0.15, 0.2) is 0 Å². The van der Waals surface area contributed by atoms with Gasteiger partial charge in [0.25, 0.3) is 5.91 Å². The number of likely N-dealkylation sites (tertiary alicyclic amines) is 1. The van der Waals surface area contributed by atoms with E-state index in [1.807, 2.05) is 26.8 Å². The minimum absolute atomic E-state index is 0.108. The molecule has 188 valence electrons. The highest BCUT2D eigenvalue weighted by Crippen LogP contribution is 2.63. The van der Waals surface area contributed by atoms with E-state index in [1.165, 1.54) is 16.2 Å². The number of imide groups is 1. The predicted molar refractivity (Wildman–Crippen MR) is 135 cm³/mol. The van der Waals surface area contributed by atoms with Gasteiger partial charge in [0.05, 0.1) is 53.1 Å². The number of pyridine rings is 2. The third-order valence-electron chi connectivity index (χ3n) is 7.77. The zero-order valence-corrected chi connectivity index (χ0v) is 21.6. The third-order valence-corrected chi connectivity index (χ3v) is 8.91. The second-order valence-corrected chi connectivity index (χ2v) is 11.5. The Labute approximate surface area is 217 Å². The number of thiophene rings is 1. The first-order valence-electron chi connectivity index (χ1n) is 12.2. The van der Waals surface area contributed by atoms with Gasteiger partial charge in [0.1, 0.15) is 11.8 Å². The van der Waals surface area contributed by atoms with Crippen LogP contribution in [0.2, 0.25) is 0 Å². The Balaban J connectivity index is 1.40. The number of morpholine rings is 1. The van der Waals surface area contributed by atoms with Gasteiger partial charge < -0.3 is 9.64 Å². The van der Waals surface area contributed by atoms with Crippen molar-refractivity contribution in [1.82, 2.24) is 19.8 Å². The number of nitrogens with zero attached hydrogens (tertiary/aromatic N) is 5. The van der Waals surface area contributed by atoms with Crippen LogP contribution < -0.4 is 0 Å². The van der Waals surface area contributed by atoms with Gasteiger partial charge >= 0.3 is 0 Å². The highest BCUT2D eigenvalue weighted by molar-refractivity contribution is 7.19. The summed E-state index contributed by atoms with van der Waals surface area (Å²) in [4.78, 5) is 52.3. The summed E-state index contributed by atoms with van der Waals surface area (Å²) >= 11 is 1.42. The van der Waals surface area contributed by atoms with Crippen LogP contribution in [0.1, 0.15) is 40.3 Å². The van der Waals surface area contributed by atoms with Crippen molar-refractivity contribution < 1.29 is 19.1 Å². The van der Waals surface area contributed by atoms with E-state index in [9.17, 15) is 19.6 Å². The largest absolute Gasteiger partial charge is 0.378 e. The molecule has 0 N–H and O–H groups in total. The molecule has 10 heteroatoms. The van der Waals surface area contributed by atoms with E-state index in [1.54, 1.807) is 23.2 Å². The van der Waals surface area contributed by atoms with Gasteiger partial charge in [0, 0.05) is 29.7 Å². The van der Waals surface area contributed by atoms with Crippen LogP contribution in [-0.2, 0) is 20.9 Å². The minimum Gasteiger partial charge on any atom is -0.378 e. The smallest absolute Gasteiger partial charge is 0.256 e. The number of fused-ring (bicyclic) bond motifs is 2. The Morgan fingerprint density at radius 2 is 1.92 bits per heavy atom. The van der Waals surface area contributed by atoms with E-state index in [0.717, 1.165) is 9.58 Å². The van der Waals surface area contributed by atoms with Crippen molar-refractivity contribution in [3.05, 3.63) is 46.1 Å². The number of hydrogen-bond donors (Lipinski definition) is 0. The molecule has 1 aliphatic carbocycles. The molecule has 1 saturated carbocycles. The lowest BCUT2D eigenvalue weighted by Crippen LogP contribution is -2.41. The number of aromatic nitrogens is 2. The lowest BCUT2D eigenvalue weighted by Gasteiger charge is -2.28. The van der Waals surface area contributed by atoms with E-state index >= 15 is 0 Å². The molecule has 3 aliphatic rings. The summed E-state index contributed by atoms with van der Waals surface area (Å²) in [5, 5.41) is 9.60. The summed E-state index contributed by atoms with van der Waals surface area (Å²) in [6.07, 6.45) is 1.65. The van der Waals surface area contributed by atoms with Gasteiger partial charge in [0.2, 0.25) is 11.8 Å². The van der Waals surface area contributed by atoms with Crippen molar-refractivity contribution in [3.63, 3.8) is 0 Å². The molecule has 37 heavy (non-hydrogen) atoms. The van der Waals surface area contributed by atoms with Crippen molar-refractivity contribution in [3.8, 4) is 17.3 Å². The van der Waals surface area contributed by atoms with Crippen molar-refractivity contribution in [2.75, 3.05) is 26.3 Å². The first kappa shape index (κ1) is 23.7. The standard InChI is InChI=1S/C27H25N5O4S/c1-14-10-15(12-28)30-22(19(14)24(33)31-6-8-36-9-7-31)17-4-5-29-18-11-16(37-23(17)18)13-32-25(34)20-21(26(32)35)27(20,2)3/h4-5,10-11,20-21H,6-9,13H2,1-3H3/t20-,21?/m1/s1. The zero-order valence-electron chi connectivity index (χ0n) is 20.8. The molecule has 3 aromatic rings. The molecule has 9 nitrogen and oxygen atoms in total. The van der Waals surface area contributed by atoms with E-state index in [2.05, 4.69) is 16.0 Å². The van der Waals surface area contributed by atoms with E-state index in [0.29, 0.717) is 54.2 Å². The molecular formula is C27H25N5O4S. The summed E-state index contributed by atoms with van der Waals surface area (Å²) in [5.74, 6) is -0.814. The van der Waals surface area contributed by atoms with Gasteiger partial charge in [-0.05, 0) is 36.1 Å². The number of amides is 3. The van der Waals surface area contributed by atoms with Gasteiger partial charge in [-0.2, -0.15) is 5.26 Å². The monoisotopic (exact) mass is 515 g/mol. The number of piperidine rings is 1.